The number of amides is 4. The molecule has 0 radical (unpaired) electrons. The van der Waals surface area contributed by atoms with Crippen LogP contribution in [0.1, 0.15) is 51.4 Å². The number of aliphatic imine (C=N–C) groups is 2. The van der Waals surface area contributed by atoms with Crippen LogP contribution in [0.5, 0.6) is 0 Å². The van der Waals surface area contributed by atoms with Crippen LogP contribution in [0.25, 0.3) is 0 Å². The van der Waals surface area contributed by atoms with E-state index < -0.39 is 53.8 Å². The molecule has 0 aromatic carbocycles. The topological polar surface area (TPSA) is 314 Å². The van der Waals surface area contributed by atoms with Gasteiger partial charge in [-0.3, -0.25) is 29.2 Å². The van der Waals surface area contributed by atoms with Crippen LogP contribution in [0.3, 0.4) is 0 Å². The number of carboxylic acid groups (broad SMARTS) is 1. The second-order valence-electron chi connectivity index (χ2n) is 9.16. The smallest absolute Gasteiger partial charge is 0.326 e. The Morgan fingerprint density at radius 2 is 1.41 bits per heavy atom. The van der Waals surface area contributed by atoms with E-state index in [2.05, 4.69) is 20.6 Å². The number of likely N-dealkylation sites (tertiary alicyclic amines) is 1. The maximum absolute atomic E-state index is 13.3. The van der Waals surface area contributed by atoms with Crippen molar-refractivity contribution in [1.82, 2.24) is 15.5 Å². The molecule has 0 spiro atoms. The summed E-state index contributed by atoms with van der Waals surface area (Å²) in [6, 6.07) is -4.39. The predicted molar refractivity (Wildman–Crippen MR) is 142 cm³/mol. The first-order valence-electron chi connectivity index (χ1n) is 12.6. The molecule has 0 saturated carbocycles. The molecular formula is C22H41N11O6. The van der Waals surface area contributed by atoms with Gasteiger partial charge in [0.05, 0.1) is 6.04 Å². The summed E-state index contributed by atoms with van der Waals surface area (Å²) >= 11 is 0. The summed E-state index contributed by atoms with van der Waals surface area (Å²) in [5.74, 6) is -4.10. The number of nitrogens with one attached hydrogen (secondary N) is 2. The molecule has 4 amide bonds. The number of rotatable bonds is 17. The Morgan fingerprint density at radius 3 is 1.95 bits per heavy atom. The fraction of sp³-hybridized carbons (Fsp3) is 0.682. The van der Waals surface area contributed by atoms with Crippen molar-refractivity contribution < 1.29 is 29.1 Å². The van der Waals surface area contributed by atoms with Crippen molar-refractivity contribution in [2.24, 2.45) is 44.4 Å². The summed E-state index contributed by atoms with van der Waals surface area (Å²) in [6.45, 7) is 0.625. The molecule has 1 aliphatic rings. The van der Waals surface area contributed by atoms with Crippen LogP contribution in [0.2, 0.25) is 0 Å². The van der Waals surface area contributed by atoms with Gasteiger partial charge in [0.2, 0.25) is 23.6 Å². The summed E-state index contributed by atoms with van der Waals surface area (Å²) < 4.78 is 0. The Kier molecular flexibility index (Phi) is 14.0. The van der Waals surface area contributed by atoms with E-state index in [9.17, 15) is 29.1 Å². The van der Waals surface area contributed by atoms with E-state index >= 15 is 0 Å². The minimum Gasteiger partial charge on any atom is -0.480 e. The van der Waals surface area contributed by atoms with Gasteiger partial charge in [0.15, 0.2) is 11.9 Å². The highest BCUT2D eigenvalue weighted by Gasteiger charge is 2.38. The minimum atomic E-state index is -1.24. The number of carbonyl (C=O) groups excluding carboxylic acids is 4. The van der Waals surface area contributed by atoms with Gasteiger partial charge in [0, 0.05) is 26.1 Å². The van der Waals surface area contributed by atoms with Gasteiger partial charge in [-0.25, -0.2) is 4.79 Å². The largest absolute Gasteiger partial charge is 0.480 e. The van der Waals surface area contributed by atoms with E-state index in [1.807, 2.05) is 0 Å². The molecule has 39 heavy (non-hydrogen) atoms. The molecule has 1 rings (SSSR count). The molecule has 1 saturated heterocycles. The zero-order valence-electron chi connectivity index (χ0n) is 21.9. The van der Waals surface area contributed by atoms with Crippen LogP contribution in [-0.4, -0.2) is 95.3 Å². The summed E-state index contributed by atoms with van der Waals surface area (Å²) in [7, 11) is 0. The average Bonchev–Trinajstić information content (AvgIpc) is 3.35. The Morgan fingerprint density at radius 1 is 0.846 bits per heavy atom. The second kappa shape index (κ2) is 16.6. The molecule has 1 heterocycles. The molecule has 0 aromatic heterocycles. The number of hydrogen-bond donors (Lipinski definition) is 9. The normalized spacial score (nSPS) is 16.8. The van der Waals surface area contributed by atoms with Crippen molar-refractivity contribution in [3.63, 3.8) is 0 Å². The molecule has 0 aromatic rings. The molecule has 4 unspecified atom stereocenters. The highest BCUT2D eigenvalue weighted by molar-refractivity contribution is 5.94. The van der Waals surface area contributed by atoms with Crippen molar-refractivity contribution in [1.29, 1.82) is 0 Å². The summed E-state index contributed by atoms with van der Waals surface area (Å²) in [6.07, 6.45) is 1.39. The molecule has 0 aliphatic carbocycles. The highest BCUT2D eigenvalue weighted by atomic mass is 16.4. The Balaban J connectivity index is 3.01. The van der Waals surface area contributed by atoms with Gasteiger partial charge in [-0.15, -0.1) is 0 Å². The van der Waals surface area contributed by atoms with E-state index in [0.717, 1.165) is 4.90 Å². The first-order chi connectivity index (χ1) is 18.3. The lowest BCUT2D eigenvalue weighted by atomic mass is 10.1. The number of carboxylic acids is 1. The molecule has 17 nitrogen and oxygen atoms in total. The van der Waals surface area contributed by atoms with E-state index in [0.29, 0.717) is 19.3 Å². The molecule has 15 N–H and O–H groups in total. The molecule has 0 bridgehead atoms. The standard InChI is InChI=1S/C22H41N11O6/c23-12(4-1-9-29-21(25)26)17(35)31-13(5-2-10-30-22(27)28)18(36)32-14(7-8-16(24)34)19(37)33-11-3-6-15(33)20(38)39/h12-15H,1-11,23H2,(H2,24,34)(H,31,35)(H,32,36)(H,38,39)(H4,25,26,29)(H4,27,28,30). The number of carbonyl (C=O) groups is 5. The van der Waals surface area contributed by atoms with Gasteiger partial charge in [-0.05, 0) is 44.9 Å². The third kappa shape index (κ3) is 12.3. The number of primary amides is 1. The van der Waals surface area contributed by atoms with Gasteiger partial charge in [0.25, 0.3) is 0 Å². The van der Waals surface area contributed by atoms with Crippen LogP contribution in [0.4, 0.5) is 0 Å². The number of nitrogens with zero attached hydrogens (tertiary/aromatic N) is 3. The lowest BCUT2D eigenvalue weighted by molar-refractivity contribution is -0.149. The lowest BCUT2D eigenvalue weighted by Crippen LogP contribution is -2.57. The maximum Gasteiger partial charge on any atom is 0.326 e. The van der Waals surface area contributed by atoms with Crippen molar-refractivity contribution in [2.75, 3.05) is 19.6 Å². The van der Waals surface area contributed by atoms with Crippen LogP contribution in [-0.2, 0) is 24.0 Å². The molecule has 220 valence electrons. The van der Waals surface area contributed by atoms with Gasteiger partial charge in [-0.1, -0.05) is 0 Å². The third-order valence-electron chi connectivity index (χ3n) is 6.00. The van der Waals surface area contributed by atoms with Gasteiger partial charge < -0.3 is 55.0 Å². The van der Waals surface area contributed by atoms with Crippen molar-refractivity contribution in [3.05, 3.63) is 0 Å². The SMILES string of the molecule is NC(=O)CCC(NC(=O)C(CCCN=C(N)N)NC(=O)C(N)CCCN=C(N)N)C(=O)N1CCCC1C(=O)O. The fourth-order valence-electron chi connectivity index (χ4n) is 4.01. The summed E-state index contributed by atoms with van der Waals surface area (Å²) in [4.78, 5) is 71.0. The van der Waals surface area contributed by atoms with Gasteiger partial charge >= 0.3 is 5.97 Å². The number of guanidine groups is 2. The zero-order chi connectivity index (χ0) is 29.5. The Bertz CT molecular complexity index is 933. The number of nitrogens with two attached hydrogens (primary N) is 6. The highest BCUT2D eigenvalue weighted by Crippen LogP contribution is 2.20. The van der Waals surface area contributed by atoms with Crippen LogP contribution >= 0.6 is 0 Å². The molecule has 1 aliphatic heterocycles. The quantitative estimate of drug-likeness (QED) is 0.0469. The van der Waals surface area contributed by atoms with Crippen LogP contribution in [0.15, 0.2) is 9.98 Å². The molecule has 17 heteroatoms. The second-order valence-corrected chi connectivity index (χ2v) is 9.16. The van der Waals surface area contributed by atoms with Crippen molar-refractivity contribution in [3.8, 4) is 0 Å². The van der Waals surface area contributed by atoms with E-state index in [4.69, 9.17) is 34.4 Å². The van der Waals surface area contributed by atoms with Gasteiger partial charge in [-0.2, -0.15) is 0 Å². The molecular weight excluding hydrogens is 514 g/mol. The fourth-order valence-corrected chi connectivity index (χ4v) is 4.01. The Hall–Kier alpha value is -4.15. The lowest BCUT2D eigenvalue weighted by Gasteiger charge is -2.29. The molecule has 4 atom stereocenters. The summed E-state index contributed by atoms with van der Waals surface area (Å²) in [5.41, 5.74) is 32.4. The van der Waals surface area contributed by atoms with Gasteiger partial charge in [0.1, 0.15) is 18.1 Å². The van der Waals surface area contributed by atoms with E-state index in [-0.39, 0.29) is 63.7 Å². The number of hydrogen-bond acceptors (Lipinski definition) is 8. The Labute approximate surface area is 226 Å². The number of aliphatic carboxylic acids is 1. The monoisotopic (exact) mass is 555 g/mol. The van der Waals surface area contributed by atoms with E-state index in [1.165, 1.54) is 0 Å². The third-order valence-corrected chi connectivity index (χ3v) is 6.00. The van der Waals surface area contributed by atoms with E-state index in [1.54, 1.807) is 0 Å². The summed E-state index contributed by atoms with van der Waals surface area (Å²) in [5, 5.41) is 14.6. The maximum atomic E-state index is 13.3. The predicted octanol–water partition coefficient (Wildman–Crippen LogP) is -4.27. The first-order valence-corrected chi connectivity index (χ1v) is 12.6. The van der Waals surface area contributed by atoms with Crippen LogP contribution < -0.4 is 45.0 Å². The zero-order valence-corrected chi connectivity index (χ0v) is 21.9. The van der Waals surface area contributed by atoms with Crippen molar-refractivity contribution in [2.45, 2.75) is 75.5 Å². The minimum absolute atomic E-state index is 0.0884. The molecule has 1 fully saturated rings. The first kappa shape index (κ1) is 32.9. The average molecular weight is 556 g/mol. The van der Waals surface area contributed by atoms with Crippen molar-refractivity contribution >= 4 is 41.5 Å². The van der Waals surface area contributed by atoms with Crippen LogP contribution in [0, 0.1) is 0 Å².